The van der Waals surface area contributed by atoms with Gasteiger partial charge in [0.05, 0.1) is 0 Å². The second-order valence-corrected chi connectivity index (χ2v) is 5.64. The molecule has 1 unspecified atom stereocenters. The van der Waals surface area contributed by atoms with Gasteiger partial charge >= 0.3 is 0 Å². The minimum absolute atomic E-state index is 0.304. The van der Waals surface area contributed by atoms with Gasteiger partial charge in [-0.05, 0) is 31.6 Å². The van der Waals surface area contributed by atoms with Gasteiger partial charge < -0.3 is 5.32 Å². The zero-order valence-electron chi connectivity index (χ0n) is 10.4. The lowest BCUT2D eigenvalue weighted by Crippen LogP contribution is -2.35. The molecule has 2 atom stereocenters. The van der Waals surface area contributed by atoms with Crippen LogP contribution in [0.15, 0.2) is 11.6 Å². The van der Waals surface area contributed by atoms with Gasteiger partial charge in [-0.15, -0.1) is 0 Å². The molecular weight excluding hydrogens is 189 g/mol. The average Bonchev–Trinajstić information content (AvgIpc) is 2.14. The maximum Gasteiger partial charge on any atom is 0.110 e. The van der Waals surface area contributed by atoms with E-state index < -0.39 is 6.17 Å². The molecule has 0 aliphatic heterocycles. The van der Waals surface area contributed by atoms with Crippen LogP contribution < -0.4 is 5.32 Å². The number of hydrogen-bond acceptors (Lipinski definition) is 1. The SMILES string of the molecule is CC(F)CN[C@H]1CC=C(C(C)(C)C)CC1. The van der Waals surface area contributed by atoms with Crippen molar-refractivity contribution >= 4 is 0 Å². The lowest BCUT2D eigenvalue weighted by Gasteiger charge is -2.30. The van der Waals surface area contributed by atoms with Crippen molar-refractivity contribution in [3.05, 3.63) is 11.6 Å². The Kier molecular flexibility index (Phi) is 4.32. The van der Waals surface area contributed by atoms with Crippen LogP contribution in [0.2, 0.25) is 0 Å². The molecule has 0 aromatic carbocycles. The van der Waals surface area contributed by atoms with Crippen LogP contribution in [0.25, 0.3) is 0 Å². The van der Waals surface area contributed by atoms with E-state index in [4.69, 9.17) is 0 Å². The summed E-state index contributed by atoms with van der Waals surface area (Å²) in [6.45, 7) is 8.87. The number of halogens is 1. The van der Waals surface area contributed by atoms with Crippen LogP contribution in [0.3, 0.4) is 0 Å². The standard InChI is InChI=1S/C13H24FN/c1-10(14)9-15-12-7-5-11(6-8-12)13(2,3)4/h5,10,12,15H,6-9H2,1-4H3/t10?,12-/m0/s1. The molecule has 0 heterocycles. The monoisotopic (exact) mass is 213 g/mol. The third-order valence-electron chi connectivity index (χ3n) is 3.06. The van der Waals surface area contributed by atoms with Crippen LogP contribution >= 0.6 is 0 Å². The topological polar surface area (TPSA) is 12.0 Å². The van der Waals surface area contributed by atoms with Gasteiger partial charge in [0.2, 0.25) is 0 Å². The third kappa shape index (κ3) is 4.33. The van der Waals surface area contributed by atoms with Gasteiger partial charge in [-0.3, -0.25) is 0 Å². The molecule has 0 aromatic rings. The minimum Gasteiger partial charge on any atom is -0.311 e. The first-order chi connectivity index (χ1) is 6.89. The van der Waals surface area contributed by atoms with E-state index in [1.54, 1.807) is 12.5 Å². The highest BCUT2D eigenvalue weighted by molar-refractivity contribution is 5.14. The second kappa shape index (κ2) is 5.11. The molecule has 0 radical (unpaired) electrons. The smallest absolute Gasteiger partial charge is 0.110 e. The lowest BCUT2D eigenvalue weighted by molar-refractivity contribution is 0.317. The van der Waals surface area contributed by atoms with Crippen molar-refractivity contribution in [2.75, 3.05) is 6.54 Å². The number of hydrogen-bond donors (Lipinski definition) is 1. The van der Waals surface area contributed by atoms with E-state index in [1.165, 1.54) is 0 Å². The summed E-state index contributed by atoms with van der Waals surface area (Å²) in [4.78, 5) is 0. The van der Waals surface area contributed by atoms with Gasteiger partial charge in [0.15, 0.2) is 0 Å². The Morgan fingerprint density at radius 2 is 2.20 bits per heavy atom. The average molecular weight is 213 g/mol. The summed E-state index contributed by atoms with van der Waals surface area (Å²) in [5.74, 6) is 0. The molecule has 0 amide bonds. The van der Waals surface area contributed by atoms with Crippen LogP contribution in [0.5, 0.6) is 0 Å². The zero-order chi connectivity index (χ0) is 11.5. The summed E-state index contributed by atoms with van der Waals surface area (Å²) in [5.41, 5.74) is 1.85. The van der Waals surface area contributed by atoms with Crippen molar-refractivity contribution in [3.8, 4) is 0 Å². The molecule has 2 heteroatoms. The van der Waals surface area contributed by atoms with Crippen LogP contribution in [-0.2, 0) is 0 Å². The molecule has 0 spiro atoms. The zero-order valence-corrected chi connectivity index (χ0v) is 10.4. The molecule has 1 aliphatic carbocycles. The summed E-state index contributed by atoms with van der Waals surface area (Å²) in [6, 6.07) is 0.481. The first kappa shape index (κ1) is 12.7. The molecule has 0 bridgehead atoms. The van der Waals surface area contributed by atoms with Gasteiger partial charge in [0, 0.05) is 12.6 Å². The van der Waals surface area contributed by atoms with E-state index in [9.17, 15) is 4.39 Å². The fraction of sp³-hybridized carbons (Fsp3) is 0.846. The van der Waals surface area contributed by atoms with E-state index in [0.717, 1.165) is 19.3 Å². The highest BCUT2D eigenvalue weighted by atomic mass is 19.1. The quantitative estimate of drug-likeness (QED) is 0.708. The van der Waals surface area contributed by atoms with Crippen molar-refractivity contribution in [1.82, 2.24) is 5.32 Å². The van der Waals surface area contributed by atoms with Crippen LogP contribution in [0, 0.1) is 5.41 Å². The van der Waals surface area contributed by atoms with Gasteiger partial charge in [0.1, 0.15) is 6.17 Å². The summed E-state index contributed by atoms with van der Waals surface area (Å²) in [7, 11) is 0. The largest absolute Gasteiger partial charge is 0.311 e. The Morgan fingerprint density at radius 1 is 1.53 bits per heavy atom. The maximum atomic E-state index is 12.6. The minimum atomic E-state index is -0.738. The molecule has 1 aliphatic rings. The fourth-order valence-corrected chi connectivity index (χ4v) is 2.03. The third-order valence-corrected chi connectivity index (χ3v) is 3.06. The summed E-state index contributed by atoms with van der Waals surface area (Å²) >= 11 is 0. The van der Waals surface area contributed by atoms with Crippen molar-refractivity contribution < 1.29 is 4.39 Å². The molecule has 88 valence electrons. The second-order valence-electron chi connectivity index (χ2n) is 5.64. The molecule has 0 saturated heterocycles. The van der Waals surface area contributed by atoms with Crippen molar-refractivity contribution in [2.24, 2.45) is 5.41 Å². The van der Waals surface area contributed by atoms with Crippen molar-refractivity contribution in [2.45, 2.75) is 59.2 Å². The van der Waals surface area contributed by atoms with Crippen molar-refractivity contribution in [3.63, 3.8) is 0 Å². The van der Waals surface area contributed by atoms with Gasteiger partial charge in [-0.1, -0.05) is 32.4 Å². The molecule has 0 saturated carbocycles. The molecule has 1 nitrogen and oxygen atoms in total. The highest BCUT2D eigenvalue weighted by Crippen LogP contribution is 2.33. The normalized spacial score (nSPS) is 24.9. The molecule has 1 N–H and O–H groups in total. The Morgan fingerprint density at radius 3 is 2.60 bits per heavy atom. The first-order valence-electron chi connectivity index (χ1n) is 5.96. The number of nitrogens with one attached hydrogen (secondary N) is 1. The Balaban J connectivity index is 2.38. The first-order valence-corrected chi connectivity index (χ1v) is 5.96. The highest BCUT2D eigenvalue weighted by Gasteiger charge is 2.22. The van der Waals surface area contributed by atoms with E-state index in [1.807, 2.05) is 0 Å². The molecule has 1 rings (SSSR count). The molecular formula is C13H24FN. The Bertz CT molecular complexity index is 225. The lowest BCUT2D eigenvalue weighted by atomic mass is 9.79. The van der Waals surface area contributed by atoms with Crippen LogP contribution in [0.4, 0.5) is 4.39 Å². The van der Waals surface area contributed by atoms with Gasteiger partial charge in [0.25, 0.3) is 0 Å². The summed E-state index contributed by atoms with van der Waals surface area (Å²) < 4.78 is 12.6. The number of rotatable bonds is 3. The van der Waals surface area contributed by atoms with Crippen LogP contribution in [-0.4, -0.2) is 18.8 Å². The predicted molar refractivity (Wildman–Crippen MR) is 63.7 cm³/mol. The summed E-state index contributed by atoms with van der Waals surface area (Å²) in [6.07, 6.45) is 4.96. The Labute approximate surface area is 93.1 Å². The molecule has 15 heavy (non-hydrogen) atoms. The Hall–Kier alpha value is -0.370. The molecule has 0 fully saturated rings. The number of alkyl halides is 1. The van der Waals surface area contributed by atoms with Gasteiger partial charge in [-0.2, -0.15) is 0 Å². The van der Waals surface area contributed by atoms with E-state index in [0.29, 0.717) is 18.0 Å². The number of allylic oxidation sites excluding steroid dienone is 1. The van der Waals surface area contributed by atoms with Gasteiger partial charge in [-0.25, -0.2) is 4.39 Å². The van der Waals surface area contributed by atoms with E-state index in [-0.39, 0.29) is 0 Å². The van der Waals surface area contributed by atoms with Crippen molar-refractivity contribution in [1.29, 1.82) is 0 Å². The van der Waals surface area contributed by atoms with Crippen LogP contribution in [0.1, 0.15) is 47.0 Å². The van der Waals surface area contributed by atoms with E-state index >= 15 is 0 Å². The van der Waals surface area contributed by atoms with E-state index in [2.05, 4.69) is 32.2 Å². The maximum absolute atomic E-state index is 12.6. The summed E-state index contributed by atoms with van der Waals surface area (Å²) in [5, 5.41) is 3.27. The fourth-order valence-electron chi connectivity index (χ4n) is 2.03. The molecule has 0 aromatic heterocycles. The predicted octanol–water partition coefficient (Wildman–Crippen LogP) is 3.46.